The van der Waals surface area contributed by atoms with E-state index in [9.17, 15) is 9.59 Å². The fraction of sp³-hybridized carbons (Fsp3) is 0.750. The van der Waals surface area contributed by atoms with E-state index in [4.69, 9.17) is 16.6 Å². The second-order valence-corrected chi connectivity index (χ2v) is 3.01. The Morgan fingerprint density at radius 2 is 2.00 bits per heavy atom. The molecule has 13 heavy (non-hydrogen) atoms. The average molecular weight is 188 g/mol. The molecule has 0 aliphatic heterocycles. The van der Waals surface area contributed by atoms with Crippen LogP contribution in [0.4, 0.5) is 0 Å². The number of aliphatic carboxylic acids is 1. The minimum absolute atomic E-state index is 0.270. The van der Waals surface area contributed by atoms with Gasteiger partial charge in [-0.25, -0.2) is 0 Å². The Balaban J connectivity index is 4.24. The zero-order valence-electron chi connectivity index (χ0n) is 7.69. The first kappa shape index (κ1) is 12.1. The van der Waals surface area contributed by atoms with E-state index >= 15 is 0 Å². The molecule has 0 aromatic rings. The lowest BCUT2D eigenvalue weighted by Gasteiger charge is -2.12. The summed E-state index contributed by atoms with van der Waals surface area (Å²) in [6.07, 6.45) is 0.793. The average Bonchev–Trinajstić information content (AvgIpc) is 2.04. The number of ketones is 1. The fourth-order valence-electron chi connectivity index (χ4n) is 1.03. The molecule has 0 amide bonds. The third-order valence-electron chi connectivity index (χ3n) is 1.79. The highest BCUT2D eigenvalue weighted by Gasteiger charge is 2.27. The maximum Gasteiger partial charge on any atom is 0.314 e. The third-order valence-corrected chi connectivity index (χ3v) is 1.79. The molecule has 0 aromatic carbocycles. The smallest absolute Gasteiger partial charge is 0.314 e. The molecular formula is C8H16N2O3. The van der Waals surface area contributed by atoms with Gasteiger partial charge in [0.05, 0.1) is 6.04 Å². The first-order valence-corrected chi connectivity index (χ1v) is 4.23. The number of hydrogen-bond acceptors (Lipinski definition) is 4. The van der Waals surface area contributed by atoms with E-state index in [1.54, 1.807) is 0 Å². The van der Waals surface area contributed by atoms with Crippen LogP contribution in [0.1, 0.15) is 19.8 Å². The minimum atomic E-state index is -1.12. The van der Waals surface area contributed by atoms with Crippen LogP contribution in [0.25, 0.3) is 0 Å². The topological polar surface area (TPSA) is 106 Å². The summed E-state index contributed by atoms with van der Waals surface area (Å²) in [4.78, 5) is 21.9. The van der Waals surface area contributed by atoms with E-state index in [0.29, 0.717) is 13.0 Å². The quantitative estimate of drug-likeness (QED) is 0.480. The monoisotopic (exact) mass is 188 g/mol. The van der Waals surface area contributed by atoms with Crippen LogP contribution < -0.4 is 11.5 Å². The van der Waals surface area contributed by atoms with Crippen molar-refractivity contribution in [2.45, 2.75) is 25.8 Å². The van der Waals surface area contributed by atoms with Crippen LogP contribution in [0.2, 0.25) is 0 Å². The van der Waals surface area contributed by atoms with E-state index < -0.39 is 23.7 Å². The summed E-state index contributed by atoms with van der Waals surface area (Å²) >= 11 is 0. The zero-order chi connectivity index (χ0) is 10.4. The Kier molecular flexibility index (Phi) is 5.25. The van der Waals surface area contributed by atoms with Gasteiger partial charge in [0.15, 0.2) is 5.78 Å². The van der Waals surface area contributed by atoms with Gasteiger partial charge >= 0.3 is 5.97 Å². The van der Waals surface area contributed by atoms with Gasteiger partial charge in [0.25, 0.3) is 0 Å². The van der Waals surface area contributed by atoms with Gasteiger partial charge in [-0.3, -0.25) is 9.59 Å². The molecule has 0 bridgehead atoms. The Labute approximate surface area is 77.1 Å². The molecule has 0 saturated heterocycles. The second-order valence-electron chi connectivity index (χ2n) is 3.01. The molecule has 0 rings (SSSR count). The molecule has 0 aliphatic rings. The van der Waals surface area contributed by atoms with Gasteiger partial charge in [-0.2, -0.15) is 0 Å². The molecule has 0 radical (unpaired) electrons. The fourth-order valence-corrected chi connectivity index (χ4v) is 1.03. The summed E-state index contributed by atoms with van der Waals surface area (Å²) in [5.74, 6) is -2.54. The summed E-state index contributed by atoms with van der Waals surface area (Å²) < 4.78 is 0. The number of carboxylic acid groups (broad SMARTS) is 1. The predicted molar refractivity (Wildman–Crippen MR) is 48.1 cm³/mol. The van der Waals surface area contributed by atoms with Crippen LogP contribution in [-0.4, -0.2) is 29.4 Å². The summed E-state index contributed by atoms with van der Waals surface area (Å²) in [6.45, 7) is 1.87. The first-order valence-electron chi connectivity index (χ1n) is 4.23. The SMILES string of the molecule is C[C@H](N)C(=O)C(CCCN)C(=O)O. The Morgan fingerprint density at radius 1 is 1.46 bits per heavy atom. The molecule has 5 nitrogen and oxygen atoms in total. The molecule has 5 heteroatoms. The van der Waals surface area contributed by atoms with Crippen molar-refractivity contribution in [3.63, 3.8) is 0 Å². The van der Waals surface area contributed by atoms with Crippen molar-refractivity contribution in [1.82, 2.24) is 0 Å². The van der Waals surface area contributed by atoms with Crippen LogP contribution in [0, 0.1) is 5.92 Å². The largest absolute Gasteiger partial charge is 0.481 e. The van der Waals surface area contributed by atoms with Crippen LogP contribution in [0.5, 0.6) is 0 Å². The Morgan fingerprint density at radius 3 is 2.31 bits per heavy atom. The van der Waals surface area contributed by atoms with Gasteiger partial charge in [0.1, 0.15) is 5.92 Å². The molecule has 76 valence electrons. The van der Waals surface area contributed by atoms with E-state index in [2.05, 4.69) is 0 Å². The molecular weight excluding hydrogens is 172 g/mol. The lowest BCUT2D eigenvalue weighted by molar-refractivity contribution is -0.146. The number of rotatable bonds is 6. The van der Waals surface area contributed by atoms with Gasteiger partial charge in [0, 0.05) is 0 Å². The summed E-state index contributed by atoms with van der Waals surface area (Å²) in [7, 11) is 0. The van der Waals surface area contributed by atoms with Crippen molar-refractivity contribution in [2.75, 3.05) is 6.54 Å². The molecule has 0 spiro atoms. The highest BCUT2D eigenvalue weighted by atomic mass is 16.4. The molecule has 0 heterocycles. The molecule has 0 saturated carbocycles. The number of carbonyl (C=O) groups excluding carboxylic acids is 1. The van der Waals surface area contributed by atoms with Crippen LogP contribution >= 0.6 is 0 Å². The van der Waals surface area contributed by atoms with Gasteiger partial charge < -0.3 is 16.6 Å². The molecule has 0 aromatic heterocycles. The maximum atomic E-state index is 11.2. The number of hydrogen-bond donors (Lipinski definition) is 3. The first-order chi connectivity index (χ1) is 6.00. The van der Waals surface area contributed by atoms with Crippen molar-refractivity contribution in [3.05, 3.63) is 0 Å². The summed E-state index contributed by atoms with van der Waals surface area (Å²) in [5.41, 5.74) is 10.5. The van der Waals surface area contributed by atoms with Crippen molar-refractivity contribution in [2.24, 2.45) is 17.4 Å². The number of nitrogens with two attached hydrogens (primary N) is 2. The van der Waals surface area contributed by atoms with Gasteiger partial charge in [-0.1, -0.05) is 0 Å². The Hall–Kier alpha value is -0.940. The number of Topliss-reactive ketones (excluding diaryl/α,β-unsaturated/α-hetero) is 1. The minimum Gasteiger partial charge on any atom is -0.481 e. The van der Waals surface area contributed by atoms with Crippen LogP contribution in [-0.2, 0) is 9.59 Å². The highest BCUT2D eigenvalue weighted by molar-refractivity contribution is 6.00. The molecule has 1 unspecified atom stereocenters. The summed E-state index contributed by atoms with van der Waals surface area (Å²) in [6, 6.07) is -0.723. The van der Waals surface area contributed by atoms with E-state index in [0.717, 1.165) is 0 Å². The number of carbonyl (C=O) groups is 2. The maximum absolute atomic E-state index is 11.2. The van der Waals surface area contributed by atoms with E-state index in [1.165, 1.54) is 6.92 Å². The molecule has 0 fully saturated rings. The lowest BCUT2D eigenvalue weighted by atomic mass is 9.94. The van der Waals surface area contributed by atoms with Crippen LogP contribution in [0.3, 0.4) is 0 Å². The van der Waals surface area contributed by atoms with Gasteiger partial charge in [0.2, 0.25) is 0 Å². The van der Waals surface area contributed by atoms with Gasteiger partial charge in [-0.05, 0) is 26.3 Å². The van der Waals surface area contributed by atoms with Crippen LogP contribution in [0.15, 0.2) is 0 Å². The number of carboxylic acids is 1. The Bertz CT molecular complexity index is 192. The molecule has 0 aliphatic carbocycles. The predicted octanol–water partition coefficient (Wildman–Crippen LogP) is -0.658. The van der Waals surface area contributed by atoms with Crippen molar-refractivity contribution >= 4 is 11.8 Å². The lowest BCUT2D eigenvalue weighted by Crippen LogP contribution is -2.37. The van der Waals surface area contributed by atoms with Crippen molar-refractivity contribution < 1.29 is 14.7 Å². The highest BCUT2D eigenvalue weighted by Crippen LogP contribution is 2.09. The van der Waals surface area contributed by atoms with E-state index in [-0.39, 0.29) is 6.42 Å². The third kappa shape index (κ3) is 4.00. The second kappa shape index (κ2) is 5.66. The molecule has 5 N–H and O–H groups in total. The zero-order valence-corrected chi connectivity index (χ0v) is 7.69. The normalized spacial score (nSPS) is 15.0. The molecule has 2 atom stereocenters. The summed E-state index contributed by atoms with van der Waals surface area (Å²) in [5, 5.41) is 8.70. The van der Waals surface area contributed by atoms with Crippen molar-refractivity contribution in [1.29, 1.82) is 0 Å². The standard InChI is InChI=1S/C8H16N2O3/c1-5(10)7(11)6(8(12)13)3-2-4-9/h5-6H,2-4,9-10H2,1H3,(H,12,13)/t5-,6?/m0/s1. The van der Waals surface area contributed by atoms with Crippen molar-refractivity contribution in [3.8, 4) is 0 Å². The van der Waals surface area contributed by atoms with E-state index in [1.807, 2.05) is 0 Å². The van der Waals surface area contributed by atoms with Gasteiger partial charge in [-0.15, -0.1) is 0 Å².